The average Bonchev–Trinajstić information content (AvgIpc) is 2.49. The van der Waals surface area contributed by atoms with Crippen molar-refractivity contribution in [2.45, 2.75) is 25.5 Å². The zero-order chi connectivity index (χ0) is 9.42. The highest BCUT2D eigenvalue weighted by Crippen LogP contribution is 2.32. The lowest BCUT2D eigenvalue weighted by Crippen LogP contribution is -2.28. The molecule has 2 atom stereocenters. The molecule has 2 unspecified atom stereocenters. The molecule has 1 aromatic carbocycles. The number of nitrogens with one attached hydrogen (secondary N) is 1. The molecule has 0 saturated carbocycles. The third-order valence-electron chi connectivity index (χ3n) is 2.47. The van der Waals surface area contributed by atoms with Gasteiger partial charge in [0, 0.05) is 10.7 Å². The minimum atomic E-state index is -0.344. The van der Waals surface area contributed by atoms with Crippen LogP contribution in [0.3, 0.4) is 0 Å². The van der Waals surface area contributed by atoms with Gasteiger partial charge >= 0.3 is 0 Å². The highest BCUT2D eigenvalue weighted by molar-refractivity contribution is 6.31. The van der Waals surface area contributed by atoms with Crippen LogP contribution in [0, 0.1) is 0 Å². The van der Waals surface area contributed by atoms with E-state index in [0.29, 0.717) is 0 Å². The van der Waals surface area contributed by atoms with Crippen molar-refractivity contribution in [1.29, 1.82) is 0 Å². The fourth-order valence-corrected chi connectivity index (χ4v) is 1.91. The van der Waals surface area contributed by atoms with Gasteiger partial charge in [-0.3, -0.25) is 0 Å². The molecule has 1 aliphatic rings. The van der Waals surface area contributed by atoms with Crippen LogP contribution < -0.4 is 5.32 Å². The first-order chi connectivity index (χ1) is 6.18. The molecule has 0 spiro atoms. The minimum Gasteiger partial charge on any atom is -0.391 e. The Morgan fingerprint density at radius 2 is 2.38 bits per heavy atom. The van der Waals surface area contributed by atoms with E-state index in [9.17, 15) is 5.11 Å². The van der Waals surface area contributed by atoms with E-state index < -0.39 is 0 Å². The smallest absolute Gasteiger partial charge is 0.0716 e. The number of benzene rings is 1. The average molecular weight is 198 g/mol. The monoisotopic (exact) mass is 197 g/mol. The van der Waals surface area contributed by atoms with Gasteiger partial charge in [0.25, 0.3) is 0 Å². The minimum absolute atomic E-state index is 0.106. The van der Waals surface area contributed by atoms with Crippen molar-refractivity contribution in [3.05, 3.63) is 28.8 Å². The fraction of sp³-hybridized carbons (Fsp3) is 0.400. The van der Waals surface area contributed by atoms with Gasteiger partial charge < -0.3 is 10.4 Å². The Hall–Kier alpha value is -0.730. The van der Waals surface area contributed by atoms with Crippen molar-refractivity contribution < 1.29 is 5.11 Å². The Morgan fingerprint density at radius 1 is 1.62 bits per heavy atom. The van der Waals surface area contributed by atoms with Gasteiger partial charge in [0.2, 0.25) is 0 Å². The number of aliphatic hydroxyl groups is 1. The van der Waals surface area contributed by atoms with Crippen LogP contribution in [0.4, 0.5) is 5.69 Å². The standard InChI is InChI=1S/C10H12ClNO/c1-6(13)10-5-7-8(11)3-2-4-9(7)12-10/h2-4,6,10,12-13H,5H2,1H3. The SMILES string of the molecule is CC(O)C1Cc2c(Cl)cccc2N1. The van der Waals surface area contributed by atoms with Gasteiger partial charge in [0.05, 0.1) is 12.1 Å². The molecule has 0 saturated heterocycles. The largest absolute Gasteiger partial charge is 0.391 e. The molecule has 0 aromatic heterocycles. The number of hydrogen-bond acceptors (Lipinski definition) is 2. The normalized spacial score (nSPS) is 22.2. The van der Waals surface area contributed by atoms with E-state index in [1.165, 1.54) is 0 Å². The predicted octanol–water partition coefficient (Wildman–Crippen LogP) is 2.06. The van der Waals surface area contributed by atoms with Gasteiger partial charge in [-0.25, -0.2) is 0 Å². The van der Waals surface area contributed by atoms with E-state index in [4.69, 9.17) is 11.6 Å². The van der Waals surface area contributed by atoms with Crippen molar-refractivity contribution in [1.82, 2.24) is 0 Å². The van der Waals surface area contributed by atoms with Crippen LogP contribution in [-0.2, 0) is 6.42 Å². The van der Waals surface area contributed by atoms with Crippen LogP contribution in [0.2, 0.25) is 5.02 Å². The summed E-state index contributed by atoms with van der Waals surface area (Å²) in [6.45, 7) is 1.79. The second-order valence-corrected chi connectivity index (χ2v) is 3.87. The van der Waals surface area contributed by atoms with E-state index in [2.05, 4.69) is 5.32 Å². The van der Waals surface area contributed by atoms with E-state index in [-0.39, 0.29) is 12.1 Å². The number of rotatable bonds is 1. The summed E-state index contributed by atoms with van der Waals surface area (Å²) < 4.78 is 0. The van der Waals surface area contributed by atoms with Gasteiger partial charge in [-0.05, 0) is 31.0 Å². The predicted molar refractivity (Wildman–Crippen MR) is 54.2 cm³/mol. The molecular formula is C10H12ClNO. The third-order valence-corrected chi connectivity index (χ3v) is 2.82. The van der Waals surface area contributed by atoms with E-state index in [0.717, 1.165) is 22.7 Å². The van der Waals surface area contributed by atoms with Crippen LogP contribution in [0.15, 0.2) is 18.2 Å². The van der Waals surface area contributed by atoms with E-state index in [1.807, 2.05) is 18.2 Å². The summed E-state index contributed by atoms with van der Waals surface area (Å²) in [5.41, 5.74) is 2.17. The van der Waals surface area contributed by atoms with Crippen LogP contribution >= 0.6 is 11.6 Å². The maximum atomic E-state index is 9.41. The molecule has 0 fully saturated rings. The second-order valence-electron chi connectivity index (χ2n) is 3.46. The first kappa shape index (κ1) is 8.85. The van der Waals surface area contributed by atoms with Crippen molar-refractivity contribution >= 4 is 17.3 Å². The van der Waals surface area contributed by atoms with Crippen molar-refractivity contribution in [2.24, 2.45) is 0 Å². The Morgan fingerprint density at radius 3 is 3.00 bits per heavy atom. The maximum Gasteiger partial charge on any atom is 0.0716 e. The quantitative estimate of drug-likeness (QED) is 0.723. The van der Waals surface area contributed by atoms with Gasteiger partial charge in [-0.15, -0.1) is 0 Å². The van der Waals surface area contributed by atoms with Gasteiger partial charge in [0.15, 0.2) is 0 Å². The first-order valence-electron chi connectivity index (χ1n) is 4.40. The van der Waals surface area contributed by atoms with E-state index in [1.54, 1.807) is 6.92 Å². The lowest BCUT2D eigenvalue weighted by molar-refractivity contribution is 0.174. The molecule has 1 aliphatic heterocycles. The summed E-state index contributed by atoms with van der Waals surface area (Å²) in [6, 6.07) is 5.89. The molecule has 13 heavy (non-hydrogen) atoms. The Labute approximate surface area is 82.5 Å². The topological polar surface area (TPSA) is 32.3 Å². The number of anilines is 1. The zero-order valence-corrected chi connectivity index (χ0v) is 8.17. The van der Waals surface area contributed by atoms with Crippen LogP contribution in [0.5, 0.6) is 0 Å². The summed E-state index contributed by atoms with van der Waals surface area (Å²) >= 11 is 6.02. The van der Waals surface area contributed by atoms with E-state index >= 15 is 0 Å². The summed E-state index contributed by atoms with van der Waals surface area (Å²) in [4.78, 5) is 0. The van der Waals surface area contributed by atoms with Crippen molar-refractivity contribution in [3.63, 3.8) is 0 Å². The number of hydrogen-bond donors (Lipinski definition) is 2. The van der Waals surface area contributed by atoms with Crippen molar-refractivity contribution in [3.8, 4) is 0 Å². The van der Waals surface area contributed by atoms with Crippen LogP contribution in [-0.4, -0.2) is 17.3 Å². The van der Waals surface area contributed by atoms with Gasteiger partial charge in [0.1, 0.15) is 0 Å². The molecule has 0 aliphatic carbocycles. The molecule has 3 heteroatoms. The lowest BCUT2D eigenvalue weighted by Gasteiger charge is -2.13. The molecule has 2 N–H and O–H groups in total. The molecule has 0 bridgehead atoms. The molecule has 1 heterocycles. The van der Waals surface area contributed by atoms with Crippen molar-refractivity contribution in [2.75, 3.05) is 5.32 Å². The third kappa shape index (κ3) is 1.52. The highest BCUT2D eigenvalue weighted by Gasteiger charge is 2.25. The Kier molecular flexibility index (Phi) is 2.18. The highest BCUT2D eigenvalue weighted by atomic mass is 35.5. The molecule has 0 amide bonds. The molecule has 2 rings (SSSR count). The fourth-order valence-electron chi connectivity index (χ4n) is 1.66. The zero-order valence-electron chi connectivity index (χ0n) is 7.42. The van der Waals surface area contributed by atoms with Crippen LogP contribution in [0.1, 0.15) is 12.5 Å². The molecule has 0 radical (unpaired) electrons. The Balaban J connectivity index is 2.30. The maximum absolute atomic E-state index is 9.41. The Bertz CT molecular complexity index is 325. The second kappa shape index (κ2) is 3.20. The molecule has 2 nitrogen and oxygen atoms in total. The molecule has 1 aromatic rings. The molecule has 70 valence electrons. The van der Waals surface area contributed by atoms with Gasteiger partial charge in [-0.2, -0.15) is 0 Å². The lowest BCUT2D eigenvalue weighted by atomic mass is 10.1. The number of halogens is 1. The number of fused-ring (bicyclic) bond motifs is 1. The molecular weight excluding hydrogens is 186 g/mol. The summed E-state index contributed by atoms with van der Waals surface area (Å²) in [5, 5.41) is 13.4. The van der Waals surface area contributed by atoms with Crippen LogP contribution in [0.25, 0.3) is 0 Å². The first-order valence-corrected chi connectivity index (χ1v) is 4.78. The summed E-state index contributed by atoms with van der Waals surface area (Å²) in [5.74, 6) is 0. The number of aliphatic hydroxyl groups excluding tert-OH is 1. The summed E-state index contributed by atoms with van der Waals surface area (Å²) in [7, 11) is 0. The summed E-state index contributed by atoms with van der Waals surface area (Å²) in [6.07, 6.45) is 0.468. The van der Waals surface area contributed by atoms with Gasteiger partial charge in [-0.1, -0.05) is 17.7 Å².